The van der Waals surface area contributed by atoms with Gasteiger partial charge in [-0.3, -0.25) is 4.79 Å². The first-order chi connectivity index (χ1) is 4.20. The average molecular weight is 130 g/mol. The number of carbonyl (C=O) groups excluding carboxylic acids is 1. The predicted molar refractivity (Wildman–Crippen MR) is 37.2 cm³/mol. The number of amides is 1. The van der Waals surface area contributed by atoms with Crippen molar-refractivity contribution < 1.29 is 4.79 Å². The van der Waals surface area contributed by atoms with Crippen LogP contribution in [0.5, 0.6) is 0 Å². The van der Waals surface area contributed by atoms with Crippen LogP contribution in [0.1, 0.15) is 6.92 Å². The highest BCUT2D eigenvalue weighted by atomic mass is 16.1. The number of rotatable bonds is 4. The van der Waals surface area contributed by atoms with Gasteiger partial charge in [0.1, 0.15) is 0 Å². The molecule has 0 heterocycles. The van der Waals surface area contributed by atoms with Gasteiger partial charge in [0, 0.05) is 19.6 Å². The summed E-state index contributed by atoms with van der Waals surface area (Å²) >= 11 is 0. The fourth-order valence-electron chi connectivity index (χ4n) is 0.566. The fraction of sp³-hybridized carbons (Fsp3) is 0.833. The Labute approximate surface area is 56.0 Å². The number of hydrogen-bond donors (Lipinski definition) is 1. The molecule has 0 aromatic heterocycles. The van der Waals surface area contributed by atoms with E-state index in [1.807, 2.05) is 14.0 Å². The number of nitrogens with one attached hydrogen (secondary N) is 1. The molecule has 0 bridgehead atoms. The van der Waals surface area contributed by atoms with Crippen molar-refractivity contribution in [3.8, 4) is 0 Å². The molecule has 0 rings (SSSR count). The normalized spacial score (nSPS) is 12.8. The SMILES string of the molecule is CNC(C)CN(C)C=O. The monoisotopic (exact) mass is 130 g/mol. The highest BCUT2D eigenvalue weighted by Crippen LogP contribution is 1.81. The molecule has 0 aliphatic carbocycles. The molecule has 0 saturated carbocycles. The smallest absolute Gasteiger partial charge is 0.209 e. The van der Waals surface area contributed by atoms with Gasteiger partial charge in [-0.25, -0.2) is 0 Å². The highest BCUT2D eigenvalue weighted by Gasteiger charge is 1.99. The van der Waals surface area contributed by atoms with E-state index in [0.717, 1.165) is 13.0 Å². The lowest BCUT2D eigenvalue weighted by Gasteiger charge is -2.15. The Bertz CT molecular complexity index is 85.1. The lowest BCUT2D eigenvalue weighted by atomic mass is 10.3. The molecule has 1 N–H and O–H groups in total. The predicted octanol–water partition coefficient (Wildman–Crippen LogP) is -0.317. The van der Waals surface area contributed by atoms with Gasteiger partial charge in [0.05, 0.1) is 0 Å². The molecule has 54 valence electrons. The van der Waals surface area contributed by atoms with Crippen molar-refractivity contribution in [2.75, 3.05) is 20.6 Å². The van der Waals surface area contributed by atoms with Crippen molar-refractivity contribution in [3.63, 3.8) is 0 Å². The molecule has 3 heteroatoms. The number of carbonyl (C=O) groups is 1. The summed E-state index contributed by atoms with van der Waals surface area (Å²) in [6.07, 6.45) is 0.827. The summed E-state index contributed by atoms with van der Waals surface area (Å²) in [4.78, 5) is 11.7. The summed E-state index contributed by atoms with van der Waals surface area (Å²) in [7, 11) is 3.64. The molecular weight excluding hydrogens is 116 g/mol. The third-order valence-corrected chi connectivity index (χ3v) is 1.23. The Kier molecular flexibility index (Phi) is 4.05. The van der Waals surface area contributed by atoms with Gasteiger partial charge in [0.25, 0.3) is 0 Å². The second-order valence-electron chi connectivity index (χ2n) is 2.23. The van der Waals surface area contributed by atoms with E-state index < -0.39 is 0 Å². The standard InChI is InChI=1S/C6H14N2O/c1-6(7-2)4-8(3)5-9/h5-7H,4H2,1-3H3. The largest absolute Gasteiger partial charge is 0.347 e. The first-order valence-electron chi connectivity index (χ1n) is 3.03. The minimum absolute atomic E-state index is 0.375. The Hall–Kier alpha value is -0.570. The van der Waals surface area contributed by atoms with Gasteiger partial charge in [-0.05, 0) is 14.0 Å². The summed E-state index contributed by atoms with van der Waals surface area (Å²) in [5.74, 6) is 0. The van der Waals surface area contributed by atoms with E-state index in [1.165, 1.54) is 0 Å². The molecule has 0 aromatic rings. The second-order valence-corrected chi connectivity index (χ2v) is 2.23. The molecule has 1 unspecified atom stereocenters. The minimum Gasteiger partial charge on any atom is -0.347 e. The zero-order valence-electron chi connectivity index (χ0n) is 6.22. The van der Waals surface area contributed by atoms with Gasteiger partial charge in [-0.2, -0.15) is 0 Å². The Morgan fingerprint density at radius 2 is 2.33 bits per heavy atom. The van der Waals surface area contributed by atoms with Crippen LogP contribution in [0.25, 0.3) is 0 Å². The molecule has 0 aromatic carbocycles. The Morgan fingerprint density at radius 3 is 2.67 bits per heavy atom. The fourth-order valence-corrected chi connectivity index (χ4v) is 0.566. The van der Waals surface area contributed by atoms with Crippen LogP contribution in [0.15, 0.2) is 0 Å². The summed E-state index contributed by atoms with van der Waals surface area (Å²) < 4.78 is 0. The Morgan fingerprint density at radius 1 is 1.78 bits per heavy atom. The molecule has 9 heavy (non-hydrogen) atoms. The lowest BCUT2D eigenvalue weighted by molar-refractivity contribution is -0.117. The van der Waals surface area contributed by atoms with Crippen molar-refractivity contribution in [2.24, 2.45) is 0 Å². The highest BCUT2D eigenvalue weighted by molar-refractivity contribution is 5.46. The zero-order valence-corrected chi connectivity index (χ0v) is 6.22. The second kappa shape index (κ2) is 4.32. The van der Waals surface area contributed by atoms with Crippen molar-refractivity contribution >= 4 is 6.41 Å². The van der Waals surface area contributed by atoms with Crippen molar-refractivity contribution in [1.82, 2.24) is 10.2 Å². The van der Waals surface area contributed by atoms with Crippen LogP contribution in [0.4, 0.5) is 0 Å². The van der Waals surface area contributed by atoms with Gasteiger partial charge in [-0.15, -0.1) is 0 Å². The lowest BCUT2D eigenvalue weighted by Crippen LogP contribution is -2.34. The molecule has 0 aliphatic rings. The van der Waals surface area contributed by atoms with Gasteiger partial charge in [-0.1, -0.05) is 0 Å². The summed E-state index contributed by atoms with van der Waals surface area (Å²) in [5, 5.41) is 3.03. The average Bonchev–Trinajstić information content (AvgIpc) is 1.87. The summed E-state index contributed by atoms with van der Waals surface area (Å²) in [5.41, 5.74) is 0. The first kappa shape index (κ1) is 8.43. The van der Waals surface area contributed by atoms with Gasteiger partial charge < -0.3 is 10.2 Å². The minimum atomic E-state index is 0.375. The van der Waals surface area contributed by atoms with E-state index in [1.54, 1.807) is 11.9 Å². The van der Waals surface area contributed by atoms with E-state index in [-0.39, 0.29) is 0 Å². The van der Waals surface area contributed by atoms with E-state index in [0.29, 0.717) is 6.04 Å². The third kappa shape index (κ3) is 3.97. The van der Waals surface area contributed by atoms with E-state index in [9.17, 15) is 4.79 Å². The molecule has 0 saturated heterocycles. The van der Waals surface area contributed by atoms with Crippen LogP contribution in [-0.4, -0.2) is 38.0 Å². The van der Waals surface area contributed by atoms with E-state index >= 15 is 0 Å². The maximum Gasteiger partial charge on any atom is 0.209 e. The van der Waals surface area contributed by atoms with Crippen LogP contribution >= 0.6 is 0 Å². The van der Waals surface area contributed by atoms with Gasteiger partial charge in [0.2, 0.25) is 6.41 Å². The van der Waals surface area contributed by atoms with Crippen LogP contribution in [0, 0.1) is 0 Å². The van der Waals surface area contributed by atoms with E-state index in [4.69, 9.17) is 0 Å². The molecule has 0 spiro atoms. The molecule has 3 nitrogen and oxygen atoms in total. The van der Waals surface area contributed by atoms with Gasteiger partial charge in [0.15, 0.2) is 0 Å². The zero-order chi connectivity index (χ0) is 7.28. The number of nitrogens with zero attached hydrogens (tertiary/aromatic N) is 1. The van der Waals surface area contributed by atoms with Crippen molar-refractivity contribution in [1.29, 1.82) is 0 Å². The maximum absolute atomic E-state index is 10.1. The Balaban J connectivity index is 3.33. The summed E-state index contributed by atoms with van der Waals surface area (Å²) in [6, 6.07) is 0.375. The first-order valence-corrected chi connectivity index (χ1v) is 3.03. The van der Waals surface area contributed by atoms with Crippen LogP contribution in [0.2, 0.25) is 0 Å². The molecular formula is C6H14N2O. The topological polar surface area (TPSA) is 32.3 Å². The molecule has 1 amide bonds. The third-order valence-electron chi connectivity index (χ3n) is 1.23. The van der Waals surface area contributed by atoms with E-state index in [2.05, 4.69) is 5.32 Å². The quantitative estimate of drug-likeness (QED) is 0.529. The molecule has 0 radical (unpaired) electrons. The number of hydrogen-bond acceptors (Lipinski definition) is 2. The van der Waals surface area contributed by atoms with Crippen LogP contribution in [0.3, 0.4) is 0 Å². The molecule has 0 aliphatic heterocycles. The van der Waals surface area contributed by atoms with Gasteiger partial charge >= 0.3 is 0 Å². The van der Waals surface area contributed by atoms with Crippen LogP contribution < -0.4 is 5.32 Å². The molecule has 1 atom stereocenters. The summed E-state index contributed by atoms with van der Waals surface area (Å²) in [6.45, 7) is 2.79. The number of likely N-dealkylation sites (N-methyl/N-ethyl adjacent to an activating group) is 2. The molecule has 0 fully saturated rings. The van der Waals surface area contributed by atoms with Crippen molar-refractivity contribution in [3.05, 3.63) is 0 Å². The maximum atomic E-state index is 10.1. The van der Waals surface area contributed by atoms with Crippen LogP contribution in [-0.2, 0) is 4.79 Å². The van der Waals surface area contributed by atoms with Crippen molar-refractivity contribution in [2.45, 2.75) is 13.0 Å².